The number of thiol groups is 2. The van der Waals surface area contributed by atoms with Gasteiger partial charge in [0.05, 0.1) is 4.90 Å². The van der Waals surface area contributed by atoms with Crippen molar-refractivity contribution in [3.05, 3.63) is 83.8 Å². The first-order valence-electron chi connectivity index (χ1n) is 8.29. The van der Waals surface area contributed by atoms with Crippen molar-refractivity contribution in [3.63, 3.8) is 0 Å². The van der Waals surface area contributed by atoms with Crippen LogP contribution < -0.4 is 0 Å². The fourth-order valence-corrected chi connectivity index (χ4v) is 4.10. The van der Waals surface area contributed by atoms with Gasteiger partial charge in [0.1, 0.15) is 0 Å². The number of rotatable bonds is 7. The Bertz CT molecular complexity index is 973. The average molecular weight is 418 g/mol. The zero-order valence-electron chi connectivity index (χ0n) is 15.3. The highest BCUT2D eigenvalue weighted by atomic mass is 32.2. The van der Waals surface area contributed by atoms with Gasteiger partial charge >= 0.3 is 0 Å². The van der Waals surface area contributed by atoms with Gasteiger partial charge in [0.15, 0.2) is 0 Å². The largest absolute Gasteiger partial charge is 0.243 e. The molecule has 0 amide bonds. The molecule has 0 heterocycles. The van der Waals surface area contributed by atoms with Gasteiger partial charge in [-0.25, -0.2) is 12.7 Å². The Labute approximate surface area is 173 Å². The molecule has 6 heteroatoms. The molecule has 0 aliphatic rings. The van der Waals surface area contributed by atoms with Gasteiger partial charge in [-0.2, -0.15) is 0 Å². The summed E-state index contributed by atoms with van der Waals surface area (Å²) in [7, 11) is -0.490. The molecule has 0 unspecified atom stereocenters. The number of hydrogen-bond donors (Lipinski definition) is 2. The summed E-state index contributed by atoms with van der Waals surface area (Å²) in [6.07, 6.45) is 8.26. The van der Waals surface area contributed by atoms with Gasteiger partial charge in [0.25, 0.3) is 0 Å². The topological polar surface area (TPSA) is 37.4 Å². The summed E-state index contributed by atoms with van der Waals surface area (Å²) in [6.45, 7) is 3.63. The van der Waals surface area contributed by atoms with Crippen molar-refractivity contribution < 1.29 is 8.42 Å². The maximum atomic E-state index is 12.3. The highest BCUT2D eigenvalue weighted by Crippen LogP contribution is 2.28. The van der Waals surface area contributed by atoms with Gasteiger partial charge in [0, 0.05) is 23.9 Å². The quantitative estimate of drug-likeness (QED) is 0.492. The van der Waals surface area contributed by atoms with E-state index in [0.717, 1.165) is 28.0 Å². The number of allylic oxidation sites excluding steroid dienone is 4. The van der Waals surface area contributed by atoms with Crippen LogP contribution >= 0.6 is 25.3 Å². The summed E-state index contributed by atoms with van der Waals surface area (Å²) in [6, 6.07) is 13.3. The molecule has 2 rings (SSSR count). The van der Waals surface area contributed by atoms with Crippen LogP contribution in [0.25, 0.3) is 11.1 Å². The van der Waals surface area contributed by atoms with E-state index in [1.54, 1.807) is 24.3 Å². The number of benzene rings is 2. The number of sulfonamides is 1. The van der Waals surface area contributed by atoms with Crippen LogP contribution in [0.3, 0.4) is 0 Å². The maximum absolute atomic E-state index is 12.3. The van der Waals surface area contributed by atoms with Gasteiger partial charge in [-0.1, -0.05) is 55.1 Å². The summed E-state index contributed by atoms with van der Waals surface area (Å²) in [5, 5.41) is 0. The summed E-state index contributed by atoms with van der Waals surface area (Å²) in [5.74, 6) is 0. The van der Waals surface area contributed by atoms with Crippen molar-refractivity contribution in [2.75, 3.05) is 14.1 Å². The lowest BCUT2D eigenvalue weighted by Crippen LogP contribution is -2.22. The summed E-state index contributed by atoms with van der Waals surface area (Å²) in [5.41, 5.74) is 3.09. The third kappa shape index (κ3) is 5.62. The Kier molecular flexibility index (Phi) is 7.56. The van der Waals surface area contributed by atoms with E-state index < -0.39 is 10.0 Å². The normalized spacial score (nSPS) is 12.7. The molecular weight excluding hydrogens is 394 g/mol. The van der Waals surface area contributed by atoms with Crippen LogP contribution in [0.2, 0.25) is 0 Å². The molecule has 0 aliphatic heterocycles. The Hall–Kier alpha value is -1.73. The predicted octanol–water partition coefficient (Wildman–Crippen LogP) is 4.99. The fourth-order valence-electron chi connectivity index (χ4n) is 2.40. The van der Waals surface area contributed by atoms with Crippen molar-refractivity contribution in [3.8, 4) is 11.1 Å². The standard InChI is InChI=1S/C21H23NO2S3/c1-4-5-6-19(25)13-9-16-7-10-17(11-8-16)18-12-14-21(20(26)15-18)27(23,24)22(2)3/h4-8,10-15,25-26H,1,9H2,2-3H3/b6-5-,19-13+. The second-order valence-electron chi connectivity index (χ2n) is 6.09. The van der Waals surface area contributed by atoms with Crippen molar-refractivity contribution in [1.29, 1.82) is 0 Å². The minimum absolute atomic E-state index is 0.204. The molecule has 0 bridgehead atoms. The highest BCUT2D eigenvalue weighted by Gasteiger charge is 2.20. The number of nitrogens with zero attached hydrogens (tertiary/aromatic N) is 1. The van der Waals surface area contributed by atoms with Crippen molar-refractivity contribution >= 4 is 35.3 Å². The van der Waals surface area contributed by atoms with Crippen LogP contribution in [0, 0.1) is 0 Å². The molecule has 2 aromatic rings. The van der Waals surface area contributed by atoms with Crippen LogP contribution in [-0.4, -0.2) is 26.8 Å². The summed E-state index contributed by atoms with van der Waals surface area (Å²) >= 11 is 8.77. The van der Waals surface area contributed by atoms with E-state index in [1.165, 1.54) is 18.4 Å². The van der Waals surface area contributed by atoms with Crippen LogP contribution in [0.5, 0.6) is 0 Å². The van der Waals surface area contributed by atoms with E-state index in [1.807, 2.05) is 42.5 Å². The molecule has 0 N–H and O–H groups in total. The Morgan fingerprint density at radius 2 is 1.74 bits per heavy atom. The van der Waals surface area contributed by atoms with Crippen LogP contribution in [0.15, 0.2) is 88.0 Å². The smallest absolute Gasteiger partial charge is 0.207 e. The van der Waals surface area contributed by atoms with Gasteiger partial charge in [0.2, 0.25) is 10.0 Å². The molecule has 0 saturated carbocycles. The van der Waals surface area contributed by atoms with E-state index >= 15 is 0 Å². The van der Waals surface area contributed by atoms with Crippen LogP contribution in [0.4, 0.5) is 0 Å². The zero-order valence-corrected chi connectivity index (χ0v) is 17.9. The second-order valence-corrected chi connectivity index (χ2v) is 9.21. The Morgan fingerprint density at radius 1 is 1.11 bits per heavy atom. The molecule has 0 fully saturated rings. The van der Waals surface area contributed by atoms with Crippen LogP contribution in [0.1, 0.15) is 5.56 Å². The molecule has 142 valence electrons. The van der Waals surface area contributed by atoms with Crippen molar-refractivity contribution in [2.45, 2.75) is 16.2 Å². The second kappa shape index (κ2) is 9.46. The number of hydrogen-bond acceptors (Lipinski definition) is 4. The lowest BCUT2D eigenvalue weighted by Gasteiger charge is -2.14. The molecule has 2 aromatic carbocycles. The van der Waals surface area contributed by atoms with Gasteiger partial charge < -0.3 is 0 Å². The molecule has 0 aliphatic carbocycles. The monoisotopic (exact) mass is 417 g/mol. The maximum Gasteiger partial charge on any atom is 0.243 e. The van der Waals surface area contributed by atoms with E-state index in [2.05, 4.69) is 31.8 Å². The molecule has 0 atom stereocenters. The molecular formula is C21H23NO2S3. The first kappa shape index (κ1) is 21.6. The first-order valence-corrected chi connectivity index (χ1v) is 10.6. The third-order valence-corrected chi connectivity index (χ3v) is 6.68. The molecule has 0 aromatic heterocycles. The van der Waals surface area contributed by atoms with Gasteiger partial charge in [-0.3, -0.25) is 0 Å². The Morgan fingerprint density at radius 3 is 2.30 bits per heavy atom. The van der Waals surface area contributed by atoms with Crippen LogP contribution in [-0.2, 0) is 16.4 Å². The van der Waals surface area contributed by atoms with E-state index in [4.69, 9.17) is 0 Å². The Balaban J connectivity index is 2.21. The third-order valence-electron chi connectivity index (χ3n) is 3.95. The average Bonchev–Trinajstić information content (AvgIpc) is 2.64. The predicted molar refractivity (Wildman–Crippen MR) is 120 cm³/mol. The van der Waals surface area contributed by atoms with E-state index in [0.29, 0.717) is 4.90 Å². The highest BCUT2D eigenvalue weighted by molar-refractivity contribution is 7.90. The lowest BCUT2D eigenvalue weighted by atomic mass is 10.0. The molecule has 3 nitrogen and oxygen atoms in total. The minimum Gasteiger partial charge on any atom is -0.207 e. The summed E-state index contributed by atoms with van der Waals surface area (Å²) in [4.78, 5) is 1.52. The molecule has 27 heavy (non-hydrogen) atoms. The van der Waals surface area contributed by atoms with E-state index in [-0.39, 0.29) is 4.90 Å². The van der Waals surface area contributed by atoms with Crippen molar-refractivity contribution in [1.82, 2.24) is 4.31 Å². The van der Waals surface area contributed by atoms with Gasteiger partial charge in [-0.15, -0.1) is 25.3 Å². The fraction of sp³-hybridized carbons (Fsp3) is 0.143. The van der Waals surface area contributed by atoms with E-state index in [9.17, 15) is 8.42 Å². The first-order chi connectivity index (χ1) is 12.8. The minimum atomic E-state index is -3.50. The summed E-state index contributed by atoms with van der Waals surface area (Å²) < 4.78 is 25.8. The van der Waals surface area contributed by atoms with Crippen molar-refractivity contribution in [2.24, 2.45) is 0 Å². The molecule has 0 spiro atoms. The van der Waals surface area contributed by atoms with Gasteiger partial charge in [-0.05, 0) is 41.3 Å². The lowest BCUT2D eigenvalue weighted by molar-refractivity contribution is 0.518. The molecule has 0 radical (unpaired) electrons. The SMILES string of the molecule is C=C/C=C\C(S)=C/Cc1ccc(-c2ccc(S(=O)(=O)N(C)C)c(S)c2)cc1. The molecule has 0 saturated heterocycles. The zero-order chi connectivity index (χ0) is 20.0.